The molecule has 1 N–H and O–H groups in total. The highest BCUT2D eigenvalue weighted by atomic mass is 79.9. The zero-order chi connectivity index (χ0) is 15.6. The first-order chi connectivity index (χ1) is 9.81. The minimum atomic E-state index is -3.94. The number of pyridine rings is 1. The molecular formula is C11H7BrClN3O4S. The Morgan fingerprint density at radius 1 is 1.33 bits per heavy atom. The number of halogens is 2. The molecule has 1 aromatic carbocycles. The summed E-state index contributed by atoms with van der Waals surface area (Å²) in [5.74, 6) is 0. The average Bonchev–Trinajstić information content (AvgIpc) is 2.41. The Bertz CT molecular complexity index is 813. The fourth-order valence-corrected chi connectivity index (χ4v) is 3.57. The predicted molar refractivity (Wildman–Crippen MR) is 80.9 cm³/mol. The van der Waals surface area contributed by atoms with Crippen LogP contribution in [0.1, 0.15) is 0 Å². The summed E-state index contributed by atoms with van der Waals surface area (Å²) in [6.07, 6.45) is 2.48. The van der Waals surface area contributed by atoms with E-state index in [1.807, 2.05) is 0 Å². The van der Waals surface area contributed by atoms with Gasteiger partial charge in [0, 0.05) is 29.0 Å². The molecule has 0 amide bonds. The molecule has 0 aliphatic heterocycles. The normalized spacial score (nSPS) is 11.1. The van der Waals surface area contributed by atoms with Gasteiger partial charge in [0.2, 0.25) is 0 Å². The van der Waals surface area contributed by atoms with Gasteiger partial charge in [-0.05, 0) is 28.1 Å². The van der Waals surface area contributed by atoms with Crippen LogP contribution in [0.2, 0.25) is 5.02 Å². The maximum Gasteiger partial charge on any atom is 0.270 e. The van der Waals surface area contributed by atoms with Crippen LogP contribution in [-0.4, -0.2) is 18.3 Å². The number of nitrogens with one attached hydrogen (secondary N) is 1. The minimum Gasteiger partial charge on any atom is -0.278 e. The number of non-ortho nitro benzene ring substituents is 1. The van der Waals surface area contributed by atoms with Crippen molar-refractivity contribution in [3.8, 4) is 0 Å². The highest BCUT2D eigenvalue weighted by Crippen LogP contribution is 2.30. The Balaban J connectivity index is 2.38. The van der Waals surface area contributed by atoms with Gasteiger partial charge in [0.1, 0.15) is 4.90 Å². The summed E-state index contributed by atoms with van der Waals surface area (Å²) < 4.78 is 26.9. The predicted octanol–water partition coefficient (Wildman–Crippen LogP) is 3.21. The molecule has 2 aromatic rings. The van der Waals surface area contributed by atoms with Crippen LogP contribution in [0.3, 0.4) is 0 Å². The van der Waals surface area contributed by atoms with E-state index in [4.69, 9.17) is 11.6 Å². The molecule has 0 bridgehead atoms. The van der Waals surface area contributed by atoms with Gasteiger partial charge in [-0.25, -0.2) is 8.42 Å². The van der Waals surface area contributed by atoms with Gasteiger partial charge >= 0.3 is 0 Å². The van der Waals surface area contributed by atoms with Crippen molar-refractivity contribution in [1.29, 1.82) is 0 Å². The first-order valence-electron chi connectivity index (χ1n) is 5.37. The highest BCUT2D eigenvalue weighted by molar-refractivity contribution is 9.10. The number of anilines is 1. The minimum absolute atomic E-state index is 0.0236. The van der Waals surface area contributed by atoms with Crippen molar-refractivity contribution >= 4 is 48.9 Å². The summed E-state index contributed by atoms with van der Waals surface area (Å²) in [4.78, 5) is 13.6. The van der Waals surface area contributed by atoms with E-state index in [2.05, 4.69) is 25.6 Å². The van der Waals surface area contributed by atoms with Gasteiger partial charge in [-0.2, -0.15) is 0 Å². The molecule has 0 unspecified atom stereocenters. The first-order valence-corrected chi connectivity index (χ1v) is 8.03. The summed E-state index contributed by atoms with van der Waals surface area (Å²) in [7, 11) is -3.94. The Morgan fingerprint density at radius 3 is 2.62 bits per heavy atom. The molecule has 7 nitrogen and oxygen atoms in total. The molecule has 2 rings (SSSR count). The molecule has 1 heterocycles. The molecular weight excluding hydrogens is 386 g/mol. The summed E-state index contributed by atoms with van der Waals surface area (Å²) in [5, 5.41) is 10.7. The Morgan fingerprint density at radius 2 is 2.05 bits per heavy atom. The van der Waals surface area contributed by atoms with E-state index in [1.165, 1.54) is 30.5 Å². The highest BCUT2D eigenvalue weighted by Gasteiger charge is 2.20. The van der Waals surface area contributed by atoms with E-state index in [0.717, 1.165) is 6.20 Å². The number of aromatic nitrogens is 1. The van der Waals surface area contributed by atoms with Crippen molar-refractivity contribution in [1.82, 2.24) is 4.98 Å². The zero-order valence-electron chi connectivity index (χ0n) is 10.2. The van der Waals surface area contributed by atoms with Crippen LogP contribution in [0.5, 0.6) is 0 Å². The molecule has 21 heavy (non-hydrogen) atoms. The third-order valence-electron chi connectivity index (χ3n) is 2.43. The second kappa shape index (κ2) is 5.96. The molecule has 0 spiro atoms. The maximum atomic E-state index is 12.2. The fraction of sp³-hybridized carbons (Fsp3) is 0. The van der Waals surface area contributed by atoms with Crippen molar-refractivity contribution in [3.63, 3.8) is 0 Å². The molecule has 0 aliphatic carbocycles. The third-order valence-corrected chi connectivity index (χ3v) is 4.92. The van der Waals surface area contributed by atoms with Crippen molar-refractivity contribution in [2.45, 2.75) is 4.90 Å². The van der Waals surface area contributed by atoms with E-state index >= 15 is 0 Å². The molecule has 0 radical (unpaired) electrons. The summed E-state index contributed by atoms with van der Waals surface area (Å²) in [6.45, 7) is 0. The van der Waals surface area contributed by atoms with E-state index in [9.17, 15) is 18.5 Å². The number of benzene rings is 1. The largest absolute Gasteiger partial charge is 0.278 e. The Labute approximate surface area is 133 Å². The van der Waals surface area contributed by atoms with Gasteiger partial charge in [-0.1, -0.05) is 11.6 Å². The van der Waals surface area contributed by atoms with Crippen LogP contribution in [0, 0.1) is 10.1 Å². The first kappa shape index (κ1) is 15.7. The maximum absolute atomic E-state index is 12.2. The van der Waals surface area contributed by atoms with E-state index in [-0.39, 0.29) is 25.8 Å². The van der Waals surface area contributed by atoms with Gasteiger partial charge in [0.05, 0.1) is 15.6 Å². The average molecular weight is 393 g/mol. The Kier molecular flexibility index (Phi) is 4.45. The second-order valence-corrected chi connectivity index (χ2v) is 6.75. The zero-order valence-corrected chi connectivity index (χ0v) is 13.3. The lowest BCUT2D eigenvalue weighted by Gasteiger charge is -2.10. The summed E-state index contributed by atoms with van der Waals surface area (Å²) >= 11 is 8.90. The van der Waals surface area contributed by atoms with Crippen molar-refractivity contribution in [2.75, 3.05) is 4.72 Å². The van der Waals surface area contributed by atoms with Gasteiger partial charge < -0.3 is 0 Å². The molecule has 0 atom stereocenters. The van der Waals surface area contributed by atoms with Gasteiger partial charge in [0.15, 0.2) is 0 Å². The lowest BCUT2D eigenvalue weighted by molar-refractivity contribution is -0.384. The second-order valence-electron chi connectivity index (χ2n) is 3.83. The molecule has 0 saturated carbocycles. The van der Waals surface area contributed by atoms with E-state index in [0.29, 0.717) is 0 Å². The van der Waals surface area contributed by atoms with Crippen LogP contribution >= 0.6 is 27.5 Å². The number of rotatable bonds is 4. The van der Waals surface area contributed by atoms with Crippen LogP contribution in [0.25, 0.3) is 0 Å². The lowest BCUT2D eigenvalue weighted by atomic mass is 10.3. The van der Waals surface area contributed by atoms with Crippen LogP contribution in [0.4, 0.5) is 11.4 Å². The molecule has 0 fully saturated rings. The quantitative estimate of drug-likeness (QED) is 0.636. The summed E-state index contributed by atoms with van der Waals surface area (Å²) in [6, 6.07) is 5.02. The fourth-order valence-electron chi connectivity index (χ4n) is 1.46. The number of nitrogens with zero attached hydrogens (tertiary/aromatic N) is 2. The molecule has 0 aliphatic rings. The monoisotopic (exact) mass is 391 g/mol. The van der Waals surface area contributed by atoms with Gasteiger partial charge in [-0.15, -0.1) is 0 Å². The number of hydrogen-bond acceptors (Lipinski definition) is 5. The number of nitro benzene ring substituents is 1. The standard InChI is InChI=1S/C11H7BrClN3O4S/c12-8-5-7(16(17)18)1-2-10(8)15-21(19,20)11-6-14-4-3-9(11)13/h1-6,15H. The third kappa shape index (κ3) is 3.49. The topological polar surface area (TPSA) is 102 Å². The van der Waals surface area contributed by atoms with E-state index < -0.39 is 14.9 Å². The van der Waals surface area contributed by atoms with Gasteiger partial charge in [-0.3, -0.25) is 19.8 Å². The Hall–Kier alpha value is -1.71. The number of nitro groups is 1. The smallest absolute Gasteiger partial charge is 0.270 e. The van der Waals surface area contributed by atoms with Crippen LogP contribution in [0.15, 0.2) is 46.0 Å². The van der Waals surface area contributed by atoms with Gasteiger partial charge in [0.25, 0.3) is 15.7 Å². The molecule has 110 valence electrons. The molecule has 10 heteroatoms. The van der Waals surface area contributed by atoms with Crippen molar-refractivity contribution < 1.29 is 13.3 Å². The van der Waals surface area contributed by atoms with E-state index in [1.54, 1.807) is 0 Å². The number of sulfonamides is 1. The van der Waals surface area contributed by atoms with Crippen molar-refractivity contribution in [2.24, 2.45) is 0 Å². The SMILES string of the molecule is O=[N+]([O-])c1ccc(NS(=O)(=O)c2cnccc2Cl)c(Br)c1. The van der Waals surface area contributed by atoms with Crippen LogP contribution in [-0.2, 0) is 10.0 Å². The lowest BCUT2D eigenvalue weighted by Crippen LogP contribution is -2.14. The molecule has 1 aromatic heterocycles. The van der Waals surface area contributed by atoms with Crippen LogP contribution < -0.4 is 4.72 Å². The van der Waals surface area contributed by atoms with Crippen molar-refractivity contribution in [3.05, 3.63) is 56.3 Å². The summed E-state index contributed by atoms with van der Waals surface area (Å²) in [5.41, 5.74) is -0.00949. The molecule has 0 saturated heterocycles. The number of hydrogen-bond donors (Lipinski definition) is 1.